The Bertz CT molecular complexity index is 345. The van der Waals surface area contributed by atoms with Crippen LogP contribution in [-0.2, 0) is 7.05 Å². The van der Waals surface area contributed by atoms with E-state index in [0.29, 0.717) is 5.92 Å². The normalized spacial score (nSPS) is 25.0. The highest BCUT2D eigenvalue weighted by Gasteiger charge is 2.25. The fourth-order valence-corrected chi connectivity index (χ4v) is 3.16. The second-order valence-electron chi connectivity index (χ2n) is 5.66. The standard InChI is InChI=1S/C15H27N3/c1-3-9-16-10-13-7-5-4-6-8-15(13)14-11-17-18(2)12-14/h11-13,15-16H,3-10H2,1-2H3. The molecular weight excluding hydrogens is 222 g/mol. The van der Waals surface area contributed by atoms with Gasteiger partial charge in [0, 0.05) is 13.2 Å². The first-order valence-corrected chi connectivity index (χ1v) is 7.50. The molecule has 1 aliphatic rings. The van der Waals surface area contributed by atoms with Crippen LogP contribution in [0, 0.1) is 5.92 Å². The van der Waals surface area contributed by atoms with Gasteiger partial charge in [-0.05, 0) is 49.8 Å². The number of aromatic nitrogens is 2. The summed E-state index contributed by atoms with van der Waals surface area (Å²) < 4.78 is 1.94. The minimum atomic E-state index is 0.713. The molecule has 1 N–H and O–H groups in total. The van der Waals surface area contributed by atoms with E-state index in [-0.39, 0.29) is 0 Å². The molecule has 0 saturated heterocycles. The molecule has 1 aromatic heterocycles. The Kier molecular flexibility index (Phi) is 5.24. The lowest BCUT2D eigenvalue weighted by Crippen LogP contribution is -2.27. The van der Waals surface area contributed by atoms with Crippen LogP contribution in [0.15, 0.2) is 12.4 Å². The average Bonchev–Trinajstić information content (AvgIpc) is 2.65. The first-order valence-electron chi connectivity index (χ1n) is 7.50. The molecule has 0 aromatic carbocycles. The van der Waals surface area contributed by atoms with Crippen molar-refractivity contribution in [1.29, 1.82) is 0 Å². The third-order valence-electron chi connectivity index (χ3n) is 4.15. The molecule has 0 aliphatic heterocycles. The van der Waals surface area contributed by atoms with E-state index in [1.807, 2.05) is 11.7 Å². The second-order valence-corrected chi connectivity index (χ2v) is 5.66. The average molecular weight is 249 g/mol. The van der Waals surface area contributed by atoms with Gasteiger partial charge in [-0.25, -0.2) is 0 Å². The van der Waals surface area contributed by atoms with Gasteiger partial charge in [-0.15, -0.1) is 0 Å². The Morgan fingerprint density at radius 3 is 2.89 bits per heavy atom. The molecule has 2 unspecified atom stereocenters. The molecule has 0 amide bonds. The van der Waals surface area contributed by atoms with Crippen molar-refractivity contribution in [2.75, 3.05) is 13.1 Å². The highest BCUT2D eigenvalue weighted by atomic mass is 15.2. The summed E-state index contributed by atoms with van der Waals surface area (Å²) in [5.74, 6) is 1.51. The van der Waals surface area contributed by atoms with Crippen LogP contribution in [0.3, 0.4) is 0 Å². The number of aryl methyl sites for hydroxylation is 1. The Labute approximate surface area is 111 Å². The highest BCUT2D eigenvalue weighted by molar-refractivity contribution is 5.13. The van der Waals surface area contributed by atoms with Crippen molar-refractivity contribution in [3.05, 3.63) is 18.0 Å². The van der Waals surface area contributed by atoms with Crippen LogP contribution in [0.2, 0.25) is 0 Å². The maximum atomic E-state index is 4.35. The van der Waals surface area contributed by atoms with Crippen molar-refractivity contribution in [1.82, 2.24) is 15.1 Å². The van der Waals surface area contributed by atoms with Crippen molar-refractivity contribution in [3.63, 3.8) is 0 Å². The third kappa shape index (κ3) is 3.58. The summed E-state index contributed by atoms with van der Waals surface area (Å²) in [4.78, 5) is 0. The number of nitrogens with zero attached hydrogens (tertiary/aromatic N) is 2. The van der Waals surface area contributed by atoms with Gasteiger partial charge in [0.25, 0.3) is 0 Å². The van der Waals surface area contributed by atoms with Gasteiger partial charge in [0.1, 0.15) is 0 Å². The van der Waals surface area contributed by atoms with Crippen LogP contribution in [-0.4, -0.2) is 22.9 Å². The zero-order valence-corrected chi connectivity index (χ0v) is 11.9. The van der Waals surface area contributed by atoms with Crippen LogP contribution in [0.1, 0.15) is 56.9 Å². The van der Waals surface area contributed by atoms with Gasteiger partial charge in [-0.2, -0.15) is 5.10 Å². The number of rotatable bonds is 5. The van der Waals surface area contributed by atoms with E-state index < -0.39 is 0 Å². The van der Waals surface area contributed by atoms with E-state index in [0.717, 1.165) is 12.5 Å². The maximum absolute atomic E-state index is 4.35. The summed E-state index contributed by atoms with van der Waals surface area (Å²) in [5.41, 5.74) is 1.45. The second kappa shape index (κ2) is 6.93. The fraction of sp³-hybridized carbons (Fsp3) is 0.800. The number of hydrogen-bond donors (Lipinski definition) is 1. The van der Waals surface area contributed by atoms with Crippen molar-refractivity contribution in [2.45, 2.75) is 51.4 Å². The van der Waals surface area contributed by atoms with Crippen LogP contribution < -0.4 is 5.32 Å². The molecule has 1 fully saturated rings. The summed E-state index contributed by atoms with van der Waals surface area (Å²) in [6.45, 7) is 4.56. The van der Waals surface area contributed by atoms with Gasteiger partial charge in [-0.1, -0.05) is 26.2 Å². The van der Waals surface area contributed by atoms with Gasteiger partial charge in [0.05, 0.1) is 6.20 Å². The largest absolute Gasteiger partial charge is 0.316 e. The highest BCUT2D eigenvalue weighted by Crippen LogP contribution is 2.35. The third-order valence-corrected chi connectivity index (χ3v) is 4.15. The molecular formula is C15H27N3. The molecule has 2 atom stereocenters. The van der Waals surface area contributed by atoms with Crippen LogP contribution in [0.4, 0.5) is 0 Å². The summed E-state index contributed by atoms with van der Waals surface area (Å²) in [5, 5.41) is 7.96. The predicted octanol–water partition coefficient (Wildman–Crippen LogP) is 3.08. The lowest BCUT2D eigenvalue weighted by Gasteiger charge is -2.24. The Morgan fingerprint density at radius 1 is 1.33 bits per heavy atom. The monoisotopic (exact) mass is 249 g/mol. The summed E-state index contributed by atoms with van der Waals surface area (Å²) in [6.07, 6.45) is 12.4. The minimum absolute atomic E-state index is 0.713. The van der Waals surface area contributed by atoms with Crippen LogP contribution in [0.5, 0.6) is 0 Å². The van der Waals surface area contributed by atoms with Crippen molar-refractivity contribution in [2.24, 2.45) is 13.0 Å². The molecule has 0 bridgehead atoms. The minimum Gasteiger partial charge on any atom is -0.316 e. The fourth-order valence-electron chi connectivity index (χ4n) is 3.16. The first-order chi connectivity index (χ1) is 8.81. The van der Waals surface area contributed by atoms with Gasteiger partial charge in [0.2, 0.25) is 0 Å². The van der Waals surface area contributed by atoms with E-state index in [9.17, 15) is 0 Å². The smallest absolute Gasteiger partial charge is 0.0524 e. The summed E-state index contributed by atoms with van der Waals surface area (Å²) in [6, 6.07) is 0. The van der Waals surface area contributed by atoms with Crippen LogP contribution >= 0.6 is 0 Å². The molecule has 1 aromatic rings. The first kappa shape index (κ1) is 13.6. The van der Waals surface area contributed by atoms with E-state index in [1.54, 1.807) is 0 Å². The zero-order valence-electron chi connectivity index (χ0n) is 11.9. The van der Waals surface area contributed by atoms with E-state index in [1.165, 1.54) is 50.6 Å². The molecule has 1 saturated carbocycles. The number of hydrogen-bond acceptors (Lipinski definition) is 2. The zero-order chi connectivity index (χ0) is 12.8. The van der Waals surface area contributed by atoms with Crippen molar-refractivity contribution < 1.29 is 0 Å². The van der Waals surface area contributed by atoms with E-state index >= 15 is 0 Å². The molecule has 0 radical (unpaired) electrons. The van der Waals surface area contributed by atoms with E-state index in [4.69, 9.17) is 0 Å². The van der Waals surface area contributed by atoms with Gasteiger partial charge < -0.3 is 5.32 Å². The molecule has 1 heterocycles. The van der Waals surface area contributed by atoms with E-state index in [2.05, 4.69) is 29.7 Å². The van der Waals surface area contributed by atoms with Crippen molar-refractivity contribution >= 4 is 0 Å². The molecule has 18 heavy (non-hydrogen) atoms. The molecule has 1 aliphatic carbocycles. The quantitative estimate of drug-likeness (QED) is 0.642. The predicted molar refractivity (Wildman–Crippen MR) is 75.7 cm³/mol. The maximum Gasteiger partial charge on any atom is 0.0524 e. The summed E-state index contributed by atoms with van der Waals surface area (Å²) >= 11 is 0. The Hall–Kier alpha value is -0.830. The van der Waals surface area contributed by atoms with Crippen molar-refractivity contribution in [3.8, 4) is 0 Å². The molecule has 3 nitrogen and oxygen atoms in total. The number of nitrogens with one attached hydrogen (secondary N) is 1. The van der Waals surface area contributed by atoms with Crippen LogP contribution in [0.25, 0.3) is 0 Å². The van der Waals surface area contributed by atoms with Gasteiger partial charge >= 0.3 is 0 Å². The lowest BCUT2D eigenvalue weighted by atomic mass is 9.84. The molecule has 0 spiro atoms. The topological polar surface area (TPSA) is 29.9 Å². The Balaban J connectivity index is 2.01. The molecule has 102 valence electrons. The molecule has 3 heteroatoms. The Morgan fingerprint density at radius 2 is 2.17 bits per heavy atom. The summed E-state index contributed by atoms with van der Waals surface area (Å²) in [7, 11) is 2.02. The molecule has 2 rings (SSSR count). The lowest BCUT2D eigenvalue weighted by molar-refractivity contribution is 0.375. The van der Waals surface area contributed by atoms with Gasteiger partial charge in [-0.3, -0.25) is 4.68 Å². The SMILES string of the molecule is CCCNCC1CCCCCC1c1cnn(C)c1. The van der Waals surface area contributed by atoms with Gasteiger partial charge in [0.15, 0.2) is 0 Å².